The van der Waals surface area contributed by atoms with Gasteiger partial charge in [-0.25, -0.2) is 0 Å². The number of anilines is 2. The van der Waals surface area contributed by atoms with E-state index in [4.69, 9.17) is 10.3 Å². The van der Waals surface area contributed by atoms with Crippen LogP contribution in [0, 0.1) is 6.92 Å². The maximum Gasteiger partial charge on any atom is 0.279 e. The zero-order valence-corrected chi connectivity index (χ0v) is 10.1. The Morgan fingerprint density at radius 1 is 1.42 bits per heavy atom. The fourth-order valence-electron chi connectivity index (χ4n) is 1.80. The van der Waals surface area contributed by atoms with Gasteiger partial charge in [-0.05, 0) is 25.1 Å². The van der Waals surface area contributed by atoms with Crippen molar-refractivity contribution in [2.45, 2.75) is 6.92 Å². The largest absolute Gasteiger partial charge is 0.399 e. The van der Waals surface area contributed by atoms with E-state index in [1.54, 1.807) is 31.2 Å². The Morgan fingerprint density at radius 2 is 2.26 bits per heavy atom. The fourth-order valence-corrected chi connectivity index (χ4v) is 1.80. The molecule has 1 aromatic carbocycles. The second kappa shape index (κ2) is 4.13. The maximum atomic E-state index is 12.1. The van der Waals surface area contributed by atoms with Crippen LogP contribution in [0.4, 0.5) is 11.6 Å². The Hall–Kier alpha value is -2.83. The lowest BCUT2D eigenvalue weighted by Crippen LogP contribution is -2.12. The number of H-pyrrole nitrogens is 1. The number of amides is 1. The van der Waals surface area contributed by atoms with E-state index >= 15 is 0 Å². The number of benzene rings is 1. The van der Waals surface area contributed by atoms with Gasteiger partial charge in [-0.15, -0.1) is 0 Å². The molecule has 0 saturated carbocycles. The van der Waals surface area contributed by atoms with Gasteiger partial charge in [0.2, 0.25) is 5.88 Å². The summed E-state index contributed by atoms with van der Waals surface area (Å²) >= 11 is 0. The third-order valence-electron chi connectivity index (χ3n) is 2.67. The summed E-state index contributed by atoms with van der Waals surface area (Å²) in [5.74, 6) is -0.101. The topological polar surface area (TPSA) is 110 Å². The second-order valence-corrected chi connectivity index (χ2v) is 4.16. The van der Waals surface area contributed by atoms with E-state index in [1.165, 1.54) is 0 Å². The number of aromatic nitrogens is 3. The smallest absolute Gasteiger partial charge is 0.279 e. The van der Waals surface area contributed by atoms with Gasteiger partial charge in [0.25, 0.3) is 5.91 Å². The van der Waals surface area contributed by atoms with Gasteiger partial charge >= 0.3 is 0 Å². The zero-order chi connectivity index (χ0) is 13.4. The average molecular weight is 257 g/mol. The molecule has 96 valence electrons. The van der Waals surface area contributed by atoms with E-state index in [9.17, 15) is 4.79 Å². The third kappa shape index (κ3) is 2.01. The number of carbonyl (C=O) groups is 1. The molecule has 3 aromatic rings. The molecule has 0 fully saturated rings. The van der Waals surface area contributed by atoms with E-state index in [-0.39, 0.29) is 17.5 Å². The Morgan fingerprint density at radius 3 is 3.00 bits per heavy atom. The van der Waals surface area contributed by atoms with Crippen molar-refractivity contribution >= 4 is 28.4 Å². The van der Waals surface area contributed by atoms with Crippen LogP contribution in [0.2, 0.25) is 0 Å². The minimum absolute atomic E-state index is 0.261. The average Bonchev–Trinajstić information content (AvgIpc) is 2.95. The molecule has 0 radical (unpaired) electrons. The molecule has 0 aliphatic heterocycles. The molecule has 4 N–H and O–H groups in total. The van der Waals surface area contributed by atoms with Gasteiger partial charge in [-0.1, -0.05) is 5.16 Å². The first-order valence-corrected chi connectivity index (χ1v) is 5.62. The van der Waals surface area contributed by atoms with Crippen LogP contribution in [0.3, 0.4) is 0 Å². The normalized spacial score (nSPS) is 10.8. The molecule has 7 heteroatoms. The number of aryl methyl sites for hydroxylation is 1. The monoisotopic (exact) mass is 257 g/mol. The summed E-state index contributed by atoms with van der Waals surface area (Å²) in [6.07, 6.45) is 0. The highest BCUT2D eigenvalue weighted by Crippen LogP contribution is 2.20. The van der Waals surface area contributed by atoms with Crippen molar-refractivity contribution < 1.29 is 9.32 Å². The van der Waals surface area contributed by atoms with E-state index in [0.717, 1.165) is 5.52 Å². The van der Waals surface area contributed by atoms with E-state index in [0.29, 0.717) is 16.8 Å². The first-order chi connectivity index (χ1) is 9.13. The molecule has 1 amide bonds. The molecular weight excluding hydrogens is 246 g/mol. The molecule has 2 aromatic heterocycles. The lowest BCUT2D eigenvalue weighted by Gasteiger charge is -1.98. The summed E-state index contributed by atoms with van der Waals surface area (Å²) in [5, 5.41) is 13.7. The second-order valence-electron chi connectivity index (χ2n) is 4.16. The van der Waals surface area contributed by atoms with Gasteiger partial charge in [0.1, 0.15) is 0 Å². The van der Waals surface area contributed by atoms with Crippen LogP contribution in [0.5, 0.6) is 0 Å². The number of hydrogen-bond acceptors (Lipinski definition) is 5. The molecular formula is C12H11N5O2. The summed E-state index contributed by atoms with van der Waals surface area (Å²) in [6, 6.07) is 6.83. The number of fused-ring (bicyclic) bond motifs is 1. The number of rotatable bonds is 2. The highest BCUT2D eigenvalue weighted by molar-refractivity contribution is 6.11. The quantitative estimate of drug-likeness (QED) is 0.605. The molecule has 19 heavy (non-hydrogen) atoms. The number of hydrogen-bond donors (Lipinski definition) is 3. The summed E-state index contributed by atoms with van der Waals surface area (Å²) in [6.45, 7) is 1.77. The van der Waals surface area contributed by atoms with Crippen molar-refractivity contribution in [1.29, 1.82) is 0 Å². The minimum atomic E-state index is -0.381. The van der Waals surface area contributed by atoms with Crippen LogP contribution in [0.15, 0.2) is 28.8 Å². The Bertz CT molecular complexity index is 758. The van der Waals surface area contributed by atoms with Gasteiger partial charge in [0, 0.05) is 17.1 Å². The number of nitrogens with two attached hydrogens (primary N) is 1. The van der Waals surface area contributed by atoms with Crippen LogP contribution < -0.4 is 11.1 Å². The first kappa shape index (κ1) is 11.3. The number of nitrogens with one attached hydrogen (secondary N) is 2. The van der Waals surface area contributed by atoms with E-state index in [2.05, 4.69) is 20.7 Å². The SMILES string of the molecule is Cc1cc(NC(=O)c2n[nH]c3ccc(N)cc23)on1. The molecule has 3 rings (SSSR count). The van der Waals surface area contributed by atoms with Gasteiger partial charge in [0.05, 0.1) is 11.2 Å². The van der Waals surface area contributed by atoms with Crippen molar-refractivity contribution in [2.24, 2.45) is 0 Å². The number of nitrogen functional groups attached to an aromatic ring is 1. The zero-order valence-electron chi connectivity index (χ0n) is 10.1. The summed E-state index contributed by atoms with van der Waals surface area (Å²) in [4.78, 5) is 12.1. The predicted molar refractivity (Wildman–Crippen MR) is 69.7 cm³/mol. The van der Waals surface area contributed by atoms with Crippen LogP contribution in [0.1, 0.15) is 16.2 Å². The van der Waals surface area contributed by atoms with Crippen molar-refractivity contribution in [3.05, 3.63) is 35.7 Å². The van der Waals surface area contributed by atoms with Crippen LogP contribution in [-0.2, 0) is 0 Å². The highest BCUT2D eigenvalue weighted by atomic mass is 16.5. The number of aromatic amines is 1. The standard InChI is InChI=1S/C12H11N5O2/c1-6-4-10(19-17-6)14-12(18)11-8-5-7(13)2-3-9(8)15-16-11/h2-5H,13H2,1H3,(H,14,18)(H,15,16). The highest BCUT2D eigenvalue weighted by Gasteiger charge is 2.16. The predicted octanol–water partition coefficient (Wildman–Crippen LogP) is 1.69. The minimum Gasteiger partial charge on any atom is -0.399 e. The molecule has 0 bridgehead atoms. The Kier molecular flexibility index (Phi) is 2.45. The van der Waals surface area contributed by atoms with Crippen molar-refractivity contribution in [3.8, 4) is 0 Å². The van der Waals surface area contributed by atoms with Crippen LogP contribution in [-0.4, -0.2) is 21.3 Å². The summed E-state index contributed by atoms with van der Waals surface area (Å²) in [5.41, 5.74) is 7.96. The van der Waals surface area contributed by atoms with Crippen molar-refractivity contribution in [1.82, 2.24) is 15.4 Å². The number of nitrogens with zero attached hydrogens (tertiary/aromatic N) is 2. The molecule has 0 aliphatic carbocycles. The molecule has 0 unspecified atom stereocenters. The lowest BCUT2D eigenvalue weighted by molar-refractivity contribution is 0.102. The molecule has 0 atom stereocenters. The van der Waals surface area contributed by atoms with Gasteiger partial charge in [0.15, 0.2) is 5.69 Å². The van der Waals surface area contributed by atoms with Gasteiger partial charge in [-0.2, -0.15) is 5.10 Å². The third-order valence-corrected chi connectivity index (χ3v) is 2.67. The molecule has 0 saturated heterocycles. The Balaban J connectivity index is 1.95. The summed E-state index contributed by atoms with van der Waals surface area (Å²) < 4.78 is 4.92. The van der Waals surface area contributed by atoms with Gasteiger partial charge < -0.3 is 10.3 Å². The first-order valence-electron chi connectivity index (χ1n) is 5.62. The Labute approximate surface area is 107 Å². The summed E-state index contributed by atoms with van der Waals surface area (Å²) in [7, 11) is 0. The maximum absolute atomic E-state index is 12.1. The van der Waals surface area contributed by atoms with E-state index < -0.39 is 0 Å². The number of carbonyl (C=O) groups excluding carboxylic acids is 1. The van der Waals surface area contributed by atoms with Crippen molar-refractivity contribution in [3.63, 3.8) is 0 Å². The fraction of sp³-hybridized carbons (Fsp3) is 0.0833. The molecule has 0 aliphatic rings. The van der Waals surface area contributed by atoms with Crippen LogP contribution in [0.25, 0.3) is 10.9 Å². The van der Waals surface area contributed by atoms with Crippen LogP contribution >= 0.6 is 0 Å². The van der Waals surface area contributed by atoms with E-state index in [1.807, 2.05) is 0 Å². The lowest BCUT2D eigenvalue weighted by atomic mass is 10.2. The molecule has 0 spiro atoms. The molecule has 2 heterocycles. The van der Waals surface area contributed by atoms with Gasteiger partial charge in [-0.3, -0.25) is 15.2 Å². The molecule has 7 nitrogen and oxygen atoms in total. The van der Waals surface area contributed by atoms with Crippen molar-refractivity contribution in [2.75, 3.05) is 11.1 Å².